The Balaban J connectivity index is 2.26. The second kappa shape index (κ2) is 5.33. The summed E-state index contributed by atoms with van der Waals surface area (Å²) in [6, 6.07) is 1.34. The van der Waals surface area contributed by atoms with Gasteiger partial charge in [0.05, 0.1) is 11.8 Å². The predicted octanol–water partition coefficient (Wildman–Crippen LogP) is 2.21. The molecular weight excluding hydrogens is 233 g/mol. The number of amides is 1. The van der Waals surface area contributed by atoms with Gasteiger partial charge in [0.25, 0.3) is 5.91 Å². The van der Waals surface area contributed by atoms with Crippen LogP contribution in [-0.4, -0.2) is 28.4 Å². The average molecular weight is 251 g/mol. The molecule has 0 bridgehead atoms. The Bertz CT molecular complexity index is 450. The summed E-state index contributed by atoms with van der Waals surface area (Å²) in [5, 5.41) is 0. The molecule has 1 atom stereocenters. The number of hydrogen-bond donors (Lipinski definition) is 1. The minimum Gasteiger partial charge on any atom is -0.383 e. The molecule has 1 amide bonds. The normalized spacial score (nSPS) is 20.6. The number of carbonyl (C=O) groups is 1. The van der Waals surface area contributed by atoms with Gasteiger partial charge in [-0.25, -0.2) is 9.37 Å². The molecule has 2 rings (SSSR count). The monoisotopic (exact) mass is 251 g/mol. The van der Waals surface area contributed by atoms with Gasteiger partial charge in [0.1, 0.15) is 11.6 Å². The molecule has 0 spiro atoms. The Kier molecular flexibility index (Phi) is 3.79. The number of pyridine rings is 1. The maximum atomic E-state index is 13.2. The summed E-state index contributed by atoms with van der Waals surface area (Å²) in [5.41, 5.74) is 5.83. The van der Waals surface area contributed by atoms with Crippen molar-refractivity contribution in [3.63, 3.8) is 0 Å². The average Bonchev–Trinajstić information content (AvgIpc) is 2.56. The molecule has 0 aliphatic carbocycles. The standard InChI is InChI=1S/C13H18FN3O/c1-9-5-3-2-4-6-17(9)13(18)11-7-10(14)8-16-12(11)15/h7-9H,2-6H2,1H3,(H2,15,16). The summed E-state index contributed by atoms with van der Waals surface area (Å²) in [6.07, 6.45) is 5.25. The molecule has 1 saturated heterocycles. The van der Waals surface area contributed by atoms with Crippen molar-refractivity contribution < 1.29 is 9.18 Å². The lowest BCUT2D eigenvalue weighted by Gasteiger charge is -2.27. The van der Waals surface area contributed by atoms with Crippen LogP contribution in [0.25, 0.3) is 0 Å². The molecule has 0 saturated carbocycles. The predicted molar refractivity (Wildman–Crippen MR) is 67.6 cm³/mol. The molecule has 5 heteroatoms. The molecule has 2 N–H and O–H groups in total. The molecule has 1 unspecified atom stereocenters. The Labute approximate surface area is 106 Å². The highest BCUT2D eigenvalue weighted by Gasteiger charge is 2.25. The van der Waals surface area contributed by atoms with Gasteiger partial charge >= 0.3 is 0 Å². The number of hydrogen-bond acceptors (Lipinski definition) is 3. The highest BCUT2D eigenvalue weighted by atomic mass is 19.1. The molecule has 98 valence electrons. The van der Waals surface area contributed by atoms with E-state index >= 15 is 0 Å². The summed E-state index contributed by atoms with van der Waals surface area (Å²) in [7, 11) is 0. The lowest BCUT2D eigenvalue weighted by atomic mass is 10.1. The van der Waals surface area contributed by atoms with E-state index in [1.165, 1.54) is 6.07 Å². The summed E-state index contributed by atoms with van der Waals surface area (Å²) in [5.74, 6) is -0.651. The van der Waals surface area contributed by atoms with E-state index < -0.39 is 5.82 Å². The fourth-order valence-electron chi connectivity index (χ4n) is 2.35. The molecule has 4 nitrogen and oxygen atoms in total. The van der Waals surface area contributed by atoms with Gasteiger partial charge in [-0.1, -0.05) is 12.8 Å². The van der Waals surface area contributed by atoms with Crippen LogP contribution in [0.1, 0.15) is 43.0 Å². The van der Waals surface area contributed by atoms with Crippen molar-refractivity contribution in [2.45, 2.75) is 38.6 Å². The third kappa shape index (κ3) is 2.60. The van der Waals surface area contributed by atoms with E-state index in [0.29, 0.717) is 6.54 Å². The zero-order valence-corrected chi connectivity index (χ0v) is 10.5. The fraction of sp³-hybridized carbons (Fsp3) is 0.538. The molecule has 18 heavy (non-hydrogen) atoms. The van der Waals surface area contributed by atoms with Gasteiger partial charge in [0.15, 0.2) is 0 Å². The lowest BCUT2D eigenvalue weighted by Crippen LogP contribution is -2.38. The molecule has 1 aromatic rings. The van der Waals surface area contributed by atoms with Gasteiger partial charge in [-0.15, -0.1) is 0 Å². The van der Waals surface area contributed by atoms with Gasteiger partial charge in [0, 0.05) is 12.6 Å². The van der Waals surface area contributed by atoms with Gasteiger partial charge in [-0.05, 0) is 25.8 Å². The van der Waals surface area contributed by atoms with E-state index in [1.54, 1.807) is 4.90 Å². The van der Waals surface area contributed by atoms with Crippen LogP contribution < -0.4 is 5.73 Å². The Hall–Kier alpha value is -1.65. The van der Waals surface area contributed by atoms with Crippen LogP contribution in [0.15, 0.2) is 12.3 Å². The van der Waals surface area contributed by atoms with Crippen molar-refractivity contribution in [2.24, 2.45) is 0 Å². The molecule has 0 radical (unpaired) electrons. The molecule has 1 aliphatic heterocycles. The minimum atomic E-state index is -0.532. The minimum absolute atomic E-state index is 0.0952. The van der Waals surface area contributed by atoms with E-state index in [4.69, 9.17) is 5.73 Å². The number of halogens is 1. The fourth-order valence-corrected chi connectivity index (χ4v) is 2.35. The Morgan fingerprint density at radius 3 is 3.06 bits per heavy atom. The number of aromatic nitrogens is 1. The summed E-state index contributed by atoms with van der Waals surface area (Å²) in [4.78, 5) is 17.9. The second-order valence-corrected chi connectivity index (χ2v) is 4.78. The number of nitrogen functional groups attached to an aromatic ring is 1. The third-order valence-electron chi connectivity index (χ3n) is 3.43. The van der Waals surface area contributed by atoms with Crippen LogP contribution in [0.4, 0.5) is 10.2 Å². The van der Waals surface area contributed by atoms with Crippen molar-refractivity contribution in [1.82, 2.24) is 9.88 Å². The lowest BCUT2D eigenvalue weighted by molar-refractivity contribution is 0.0698. The SMILES string of the molecule is CC1CCCCCN1C(=O)c1cc(F)cnc1N. The van der Waals surface area contributed by atoms with Gasteiger partial charge in [0.2, 0.25) is 0 Å². The highest BCUT2D eigenvalue weighted by molar-refractivity contribution is 5.98. The van der Waals surface area contributed by atoms with Crippen LogP contribution in [-0.2, 0) is 0 Å². The van der Waals surface area contributed by atoms with E-state index in [0.717, 1.165) is 31.9 Å². The Morgan fingerprint density at radius 2 is 2.28 bits per heavy atom. The zero-order valence-electron chi connectivity index (χ0n) is 10.5. The van der Waals surface area contributed by atoms with Crippen LogP contribution in [0.3, 0.4) is 0 Å². The summed E-state index contributed by atoms with van der Waals surface area (Å²) >= 11 is 0. The van der Waals surface area contributed by atoms with Crippen molar-refractivity contribution in [2.75, 3.05) is 12.3 Å². The number of likely N-dealkylation sites (tertiary alicyclic amines) is 1. The number of rotatable bonds is 1. The second-order valence-electron chi connectivity index (χ2n) is 4.78. The first kappa shape index (κ1) is 12.8. The maximum absolute atomic E-state index is 13.2. The first-order valence-corrected chi connectivity index (χ1v) is 6.31. The Morgan fingerprint density at radius 1 is 1.50 bits per heavy atom. The molecule has 1 fully saturated rings. The number of nitrogens with zero attached hydrogens (tertiary/aromatic N) is 2. The first-order valence-electron chi connectivity index (χ1n) is 6.31. The molecule has 0 aromatic carbocycles. The van der Waals surface area contributed by atoms with Gasteiger partial charge in [-0.3, -0.25) is 4.79 Å². The zero-order chi connectivity index (χ0) is 13.1. The van der Waals surface area contributed by atoms with Crippen molar-refractivity contribution >= 4 is 11.7 Å². The van der Waals surface area contributed by atoms with E-state index in [9.17, 15) is 9.18 Å². The molecule has 1 aromatic heterocycles. The van der Waals surface area contributed by atoms with Gasteiger partial charge < -0.3 is 10.6 Å². The van der Waals surface area contributed by atoms with Crippen molar-refractivity contribution in [1.29, 1.82) is 0 Å². The van der Waals surface area contributed by atoms with E-state index in [2.05, 4.69) is 4.98 Å². The molecule has 2 heterocycles. The molecule has 1 aliphatic rings. The third-order valence-corrected chi connectivity index (χ3v) is 3.43. The quantitative estimate of drug-likeness (QED) is 0.832. The van der Waals surface area contributed by atoms with Crippen LogP contribution >= 0.6 is 0 Å². The number of carbonyl (C=O) groups excluding carboxylic acids is 1. The smallest absolute Gasteiger partial charge is 0.257 e. The van der Waals surface area contributed by atoms with Crippen LogP contribution in [0, 0.1) is 5.82 Å². The number of nitrogens with two attached hydrogens (primary N) is 1. The largest absolute Gasteiger partial charge is 0.383 e. The van der Waals surface area contributed by atoms with E-state index in [1.807, 2.05) is 6.92 Å². The summed E-state index contributed by atoms with van der Waals surface area (Å²) < 4.78 is 13.2. The van der Waals surface area contributed by atoms with Crippen molar-refractivity contribution in [3.05, 3.63) is 23.6 Å². The van der Waals surface area contributed by atoms with Gasteiger partial charge in [-0.2, -0.15) is 0 Å². The first-order chi connectivity index (χ1) is 8.59. The highest BCUT2D eigenvalue weighted by Crippen LogP contribution is 2.21. The van der Waals surface area contributed by atoms with Crippen LogP contribution in [0.2, 0.25) is 0 Å². The molecular formula is C13H18FN3O. The number of anilines is 1. The topological polar surface area (TPSA) is 59.2 Å². The van der Waals surface area contributed by atoms with Crippen molar-refractivity contribution in [3.8, 4) is 0 Å². The maximum Gasteiger partial charge on any atom is 0.257 e. The summed E-state index contributed by atoms with van der Waals surface area (Å²) in [6.45, 7) is 2.72. The van der Waals surface area contributed by atoms with E-state index in [-0.39, 0.29) is 23.3 Å². The van der Waals surface area contributed by atoms with Crippen LogP contribution in [0.5, 0.6) is 0 Å².